The molecule has 94 valence electrons. The molecule has 2 atom stereocenters. The summed E-state index contributed by atoms with van der Waals surface area (Å²) in [4.78, 5) is 2.38. The summed E-state index contributed by atoms with van der Waals surface area (Å²) in [6.07, 6.45) is 1.03. The Morgan fingerprint density at radius 3 is 2.94 bits per heavy atom. The van der Waals surface area contributed by atoms with Crippen molar-refractivity contribution in [3.63, 3.8) is 0 Å². The van der Waals surface area contributed by atoms with Gasteiger partial charge in [-0.25, -0.2) is 4.39 Å². The minimum Gasteiger partial charge on any atom is -0.299 e. The van der Waals surface area contributed by atoms with Crippen LogP contribution in [0.1, 0.15) is 18.9 Å². The van der Waals surface area contributed by atoms with Gasteiger partial charge in [0, 0.05) is 18.5 Å². The van der Waals surface area contributed by atoms with Crippen molar-refractivity contribution in [3.05, 3.63) is 34.1 Å². The van der Waals surface area contributed by atoms with E-state index in [2.05, 4.69) is 27.8 Å². The van der Waals surface area contributed by atoms with Gasteiger partial charge in [-0.2, -0.15) is 0 Å². The molecular weight excluding hydrogens is 305 g/mol. The summed E-state index contributed by atoms with van der Waals surface area (Å²) in [6, 6.07) is 5.21. The molecule has 2 unspecified atom stereocenters. The minimum absolute atomic E-state index is 0.207. The monoisotopic (exact) mass is 319 g/mol. The average Bonchev–Trinajstić information content (AvgIpc) is 2.29. The molecule has 1 aliphatic rings. The fraction of sp³-hybridized carbons (Fsp3) is 0.538. The summed E-state index contributed by atoms with van der Waals surface area (Å²) in [7, 11) is 0. The molecule has 0 N–H and O–H groups in total. The van der Waals surface area contributed by atoms with Crippen molar-refractivity contribution in [2.45, 2.75) is 25.3 Å². The first kappa shape index (κ1) is 13.3. The average molecular weight is 321 g/mol. The smallest absolute Gasteiger partial charge is 0.137 e. The van der Waals surface area contributed by atoms with Crippen LogP contribution in [-0.2, 0) is 6.54 Å². The summed E-state index contributed by atoms with van der Waals surface area (Å²) < 4.78 is 13.6. The van der Waals surface area contributed by atoms with Gasteiger partial charge in [0.1, 0.15) is 5.82 Å². The van der Waals surface area contributed by atoms with E-state index in [0.29, 0.717) is 15.8 Å². The van der Waals surface area contributed by atoms with Crippen LogP contribution in [0.4, 0.5) is 4.39 Å². The van der Waals surface area contributed by atoms with E-state index in [1.807, 2.05) is 12.1 Å². The lowest BCUT2D eigenvalue weighted by Gasteiger charge is -2.34. The SMILES string of the molecule is CC1CN(Cc2ccc(F)c(Br)c2)CCC1Cl. The Labute approximate surface area is 115 Å². The normalized spacial score (nSPS) is 26.1. The summed E-state index contributed by atoms with van der Waals surface area (Å²) in [6.45, 7) is 5.09. The van der Waals surface area contributed by atoms with Crippen LogP contribution in [0.25, 0.3) is 0 Å². The highest BCUT2D eigenvalue weighted by Gasteiger charge is 2.24. The van der Waals surface area contributed by atoms with Gasteiger partial charge < -0.3 is 0 Å². The van der Waals surface area contributed by atoms with Crippen LogP contribution in [0.15, 0.2) is 22.7 Å². The van der Waals surface area contributed by atoms with Gasteiger partial charge in [-0.3, -0.25) is 4.90 Å². The van der Waals surface area contributed by atoms with Gasteiger partial charge in [-0.05, 0) is 52.5 Å². The molecule has 1 aromatic carbocycles. The maximum absolute atomic E-state index is 13.1. The molecule has 1 heterocycles. The van der Waals surface area contributed by atoms with E-state index in [-0.39, 0.29) is 5.82 Å². The molecule has 0 bridgehead atoms. The van der Waals surface area contributed by atoms with Gasteiger partial charge in [0.25, 0.3) is 0 Å². The molecule has 0 aromatic heterocycles. The Morgan fingerprint density at radius 2 is 2.29 bits per heavy atom. The number of hydrogen-bond acceptors (Lipinski definition) is 1. The van der Waals surface area contributed by atoms with Crippen LogP contribution in [0.3, 0.4) is 0 Å². The van der Waals surface area contributed by atoms with Crippen LogP contribution in [0, 0.1) is 11.7 Å². The molecular formula is C13H16BrClFN. The van der Waals surface area contributed by atoms with Crippen molar-refractivity contribution in [1.82, 2.24) is 4.90 Å². The summed E-state index contributed by atoms with van der Waals surface area (Å²) in [5.74, 6) is 0.316. The van der Waals surface area contributed by atoms with Gasteiger partial charge in [0.05, 0.1) is 4.47 Å². The third-order valence-electron chi connectivity index (χ3n) is 3.27. The zero-order valence-electron chi connectivity index (χ0n) is 9.80. The van der Waals surface area contributed by atoms with E-state index >= 15 is 0 Å². The van der Waals surface area contributed by atoms with Gasteiger partial charge in [0.2, 0.25) is 0 Å². The molecule has 0 saturated carbocycles. The van der Waals surface area contributed by atoms with E-state index in [0.717, 1.165) is 31.6 Å². The van der Waals surface area contributed by atoms with E-state index in [4.69, 9.17) is 11.6 Å². The molecule has 1 saturated heterocycles. The van der Waals surface area contributed by atoms with E-state index < -0.39 is 0 Å². The third-order valence-corrected chi connectivity index (χ3v) is 4.53. The predicted octanol–water partition coefficient (Wildman–Crippen LogP) is 4.04. The van der Waals surface area contributed by atoms with E-state index in [9.17, 15) is 4.39 Å². The Kier molecular flexibility index (Phi) is 4.45. The standard InChI is InChI=1S/C13H16BrClFN/c1-9-7-17(5-4-12(9)15)8-10-2-3-13(16)11(14)6-10/h2-3,6,9,12H,4-5,7-8H2,1H3. The van der Waals surface area contributed by atoms with Gasteiger partial charge >= 0.3 is 0 Å². The third kappa shape index (κ3) is 3.43. The topological polar surface area (TPSA) is 3.24 Å². The molecule has 0 spiro atoms. The van der Waals surface area contributed by atoms with E-state index in [1.54, 1.807) is 0 Å². The summed E-state index contributed by atoms with van der Waals surface area (Å²) in [5, 5.41) is 0.297. The fourth-order valence-corrected chi connectivity index (χ4v) is 2.85. The lowest BCUT2D eigenvalue weighted by Crippen LogP contribution is -2.39. The zero-order valence-corrected chi connectivity index (χ0v) is 12.1. The lowest BCUT2D eigenvalue weighted by molar-refractivity contribution is 0.180. The number of nitrogens with zero attached hydrogens (tertiary/aromatic N) is 1. The number of alkyl halides is 1. The van der Waals surface area contributed by atoms with Crippen LogP contribution in [-0.4, -0.2) is 23.4 Å². The van der Waals surface area contributed by atoms with E-state index in [1.165, 1.54) is 6.07 Å². The second kappa shape index (κ2) is 5.68. The first-order valence-electron chi connectivity index (χ1n) is 5.86. The fourth-order valence-electron chi connectivity index (χ4n) is 2.24. The molecule has 2 rings (SSSR count). The van der Waals surface area contributed by atoms with Gasteiger partial charge in [-0.15, -0.1) is 11.6 Å². The molecule has 1 aromatic rings. The lowest BCUT2D eigenvalue weighted by atomic mass is 9.99. The van der Waals surface area contributed by atoms with Crippen LogP contribution in [0.2, 0.25) is 0 Å². The Morgan fingerprint density at radius 1 is 1.53 bits per heavy atom. The van der Waals surface area contributed by atoms with Crippen molar-refractivity contribution < 1.29 is 4.39 Å². The van der Waals surface area contributed by atoms with Crippen LogP contribution >= 0.6 is 27.5 Å². The van der Waals surface area contributed by atoms with Crippen LogP contribution in [0.5, 0.6) is 0 Å². The first-order valence-corrected chi connectivity index (χ1v) is 7.09. The van der Waals surface area contributed by atoms with Gasteiger partial charge in [-0.1, -0.05) is 13.0 Å². The van der Waals surface area contributed by atoms with Crippen molar-refractivity contribution in [2.24, 2.45) is 5.92 Å². The quantitative estimate of drug-likeness (QED) is 0.744. The molecule has 1 nitrogen and oxygen atoms in total. The number of rotatable bonds is 2. The summed E-state index contributed by atoms with van der Waals surface area (Å²) >= 11 is 9.42. The van der Waals surface area contributed by atoms with Crippen LogP contribution < -0.4 is 0 Å². The van der Waals surface area contributed by atoms with Crippen molar-refractivity contribution in [1.29, 1.82) is 0 Å². The molecule has 0 aliphatic carbocycles. The second-order valence-corrected chi connectivity index (χ2v) is 6.18. The maximum Gasteiger partial charge on any atom is 0.137 e. The van der Waals surface area contributed by atoms with Crippen molar-refractivity contribution in [2.75, 3.05) is 13.1 Å². The van der Waals surface area contributed by atoms with Crippen molar-refractivity contribution >= 4 is 27.5 Å². The second-order valence-electron chi connectivity index (χ2n) is 4.77. The molecule has 17 heavy (non-hydrogen) atoms. The maximum atomic E-state index is 13.1. The Balaban J connectivity index is 1.99. The highest BCUT2D eigenvalue weighted by Crippen LogP contribution is 2.24. The Bertz CT molecular complexity index is 399. The highest BCUT2D eigenvalue weighted by molar-refractivity contribution is 9.10. The largest absolute Gasteiger partial charge is 0.299 e. The number of benzene rings is 1. The molecule has 0 radical (unpaired) electrons. The molecule has 4 heteroatoms. The first-order chi connectivity index (χ1) is 8.06. The number of hydrogen-bond donors (Lipinski definition) is 0. The van der Waals surface area contributed by atoms with Gasteiger partial charge in [0.15, 0.2) is 0 Å². The molecule has 0 amide bonds. The number of halogens is 3. The minimum atomic E-state index is -0.207. The Hall–Kier alpha value is -0.120. The zero-order chi connectivity index (χ0) is 12.4. The summed E-state index contributed by atoms with van der Waals surface area (Å²) in [5.41, 5.74) is 1.14. The molecule has 1 aliphatic heterocycles. The predicted molar refractivity (Wildman–Crippen MR) is 72.8 cm³/mol. The van der Waals surface area contributed by atoms with Crippen molar-refractivity contribution in [3.8, 4) is 0 Å². The number of piperidine rings is 1. The highest BCUT2D eigenvalue weighted by atomic mass is 79.9. The molecule has 1 fully saturated rings. The number of likely N-dealkylation sites (tertiary alicyclic amines) is 1.